The molecular weight excluding hydrogens is 312 g/mol. The van der Waals surface area contributed by atoms with Gasteiger partial charge in [-0.15, -0.1) is 0 Å². The summed E-state index contributed by atoms with van der Waals surface area (Å²) in [6, 6.07) is 3.36. The highest BCUT2D eigenvalue weighted by atomic mass is 79.9. The van der Waals surface area contributed by atoms with Gasteiger partial charge in [-0.05, 0) is 17.7 Å². The number of rotatable bonds is 5. The van der Waals surface area contributed by atoms with Gasteiger partial charge in [0.2, 0.25) is 5.75 Å². The van der Waals surface area contributed by atoms with Crippen LogP contribution in [0.5, 0.6) is 17.2 Å². The fraction of sp³-hybridized carbons (Fsp3) is 0.400. The van der Waals surface area contributed by atoms with Crippen LogP contribution in [-0.2, 0) is 15.4 Å². The van der Waals surface area contributed by atoms with Crippen molar-refractivity contribution < 1.29 is 22.1 Å². The molecule has 0 amide bonds. The molecule has 0 aliphatic rings. The Hall–Kier alpha value is -0.950. The van der Waals surface area contributed by atoms with Crippen LogP contribution in [-0.4, -0.2) is 28.9 Å². The number of hydrogen-bond donors (Lipinski definition) is 0. The molecule has 96 valence electrons. The van der Waals surface area contributed by atoms with Crippen LogP contribution in [0.15, 0.2) is 12.1 Å². The van der Waals surface area contributed by atoms with E-state index >= 15 is 0 Å². The maximum atomic E-state index is 11.1. The molecule has 0 atom stereocenters. The van der Waals surface area contributed by atoms with Gasteiger partial charge in [0.05, 0.1) is 20.5 Å². The minimum absolute atomic E-state index is 0.0576. The van der Waals surface area contributed by atoms with Crippen LogP contribution in [0.1, 0.15) is 5.56 Å². The number of benzene rings is 1. The van der Waals surface area contributed by atoms with E-state index < -0.39 is 10.1 Å². The Labute approximate surface area is 109 Å². The highest BCUT2D eigenvalue weighted by Gasteiger charge is 2.18. The first-order valence-corrected chi connectivity index (χ1v) is 7.55. The number of hydrogen-bond acceptors (Lipinski definition) is 5. The minimum Gasteiger partial charge on any atom is -0.493 e. The van der Waals surface area contributed by atoms with Gasteiger partial charge in [0.15, 0.2) is 11.5 Å². The minimum atomic E-state index is -3.63. The maximum Gasteiger partial charge on any atom is 0.306 e. The van der Waals surface area contributed by atoms with Crippen LogP contribution < -0.4 is 13.7 Å². The van der Waals surface area contributed by atoms with Crippen molar-refractivity contribution in [3.05, 3.63) is 17.7 Å². The smallest absolute Gasteiger partial charge is 0.306 e. The van der Waals surface area contributed by atoms with Gasteiger partial charge in [-0.2, -0.15) is 8.42 Å². The normalized spacial score (nSPS) is 11.1. The standard InChI is InChI=1S/C10H13BrO5S/c1-14-8-4-7(6-11)5-9(15-2)10(8)16-17(3,12)13/h4-5H,6H2,1-3H3. The molecule has 0 aliphatic heterocycles. The second kappa shape index (κ2) is 5.59. The molecule has 0 aromatic heterocycles. The molecular formula is C10H13BrO5S. The Bertz CT molecular complexity index is 472. The van der Waals surface area contributed by atoms with Crippen molar-refractivity contribution in [2.45, 2.75) is 5.33 Å². The van der Waals surface area contributed by atoms with Crippen LogP contribution in [0, 0.1) is 0 Å². The van der Waals surface area contributed by atoms with Crippen molar-refractivity contribution in [3.8, 4) is 17.2 Å². The van der Waals surface area contributed by atoms with E-state index in [1.165, 1.54) is 14.2 Å². The molecule has 1 aromatic carbocycles. The number of halogens is 1. The van der Waals surface area contributed by atoms with E-state index in [-0.39, 0.29) is 5.75 Å². The summed E-state index contributed by atoms with van der Waals surface area (Å²) < 4.78 is 37.3. The third-order valence-corrected chi connectivity index (χ3v) is 3.03. The summed E-state index contributed by atoms with van der Waals surface area (Å²) in [6.45, 7) is 0. The van der Waals surface area contributed by atoms with E-state index in [1.54, 1.807) is 12.1 Å². The van der Waals surface area contributed by atoms with Crippen LogP contribution in [0.2, 0.25) is 0 Å². The molecule has 17 heavy (non-hydrogen) atoms. The van der Waals surface area contributed by atoms with Crippen molar-refractivity contribution in [2.24, 2.45) is 0 Å². The van der Waals surface area contributed by atoms with E-state index in [1.807, 2.05) is 0 Å². The van der Waals surface area contributed by atoms with Gasteiger partial charge in [0.25, 0.3) is 0 Å². The summed E-state index contributed by atoms with van der Waals surface area (Å²) in [7, 11) is -0.769. The lowest BCUT2D eigenvalue weighted by molar-refractivity contribution is 0.361. The first kappa shape index (κ1) is 14.1. The molecule has 0 bridgehead atoms. The zero-order valence-electron chi connectivity index (χ0n) is 9.69. The van der Waals surface area contributed by atoms with E-state index in [0.29, 0.717) is 16.8 Å². The van der Waals surface area contributed by atoms with E-state index in [4.69, 9.17) is 13.7 Å². The first-order valence-electron chi connectivity index (χ1n) is 4.61. The summed E-state index contributed by atoms with van der Waals surface area (Å²) >= 11 is 3.30. The Morgan fingerprint density at radius 2 is 1.65 bits per heavy atom. The van der Waals surface area contributed by atoms with Gasteiger partial charge >= 0.3 is 10.1 Å². The number of ether oxygens (including phenoxy) is 2. The van der Waals surface area contributed by atoms with Gasteiger partial charge in [0, 0.05) is 5.33 Å². The van der Waals surface area contributed by atoms with Gasteiger partial charge in [0.1, 0.15) is 0 Å². The molecule has 0 aliphatic carbocycles. The highest BCUT2D eigenvalue weighted by Crippen LogP contribution is 2.39. The quantitative estimate of drug-likeness (QED) is 0.611. The third kappa shape index (κ3) is 3.78. The topological polar surface area (TPSA) is 61.8 Å². The van der Waals surface area contributed by atoms with Crippen molar-refractivity contribution in [2.75, 3.05) is 20.5 Å². The third-order valence-electron chi connectivity index (χ3n) is 1.91. The average molecular weight is 325 g/mol. The zero-order valence-corrected chi connectivity index (χ0v) is 12.1. The zero-order chi connectivity index (χ0) is 13.1. The van der Waals surface area contributed by atoms with Crippen LogP contribution in [0.25, 0.3) is 0 Å². The van der Waals surface area contributed by atoms with Gasteiger partial charge < -0.3 is 13.7 Å². The first-order chi connectivity index (χ1) is 7.91. The van der Waals surface area contributed by atoms with E-state index in [0.717, 1.165) is 11.8 Å². The molecule has 0 heterocycles. The molecule has 7 heteroatoms. The highest BCUT2D eigenvalue weighted by molar-refractivity contribution is 9.08. The summed E-state index contributed by atoms with van der Waals surface area (Å²) in [5.41, 5.74) is 0.888. The summed E-state index contributed by atoms with van der Waals surface area (Å²) in [4.78, 5) is 0. The van der Waals surface area contributed by atoms with Crippen molar-refractivity contribution in [1.29, 1.82) is 0 Å². The van der Waals surface area contributed by atoms with E-state index in [9.17, 15) is 8.42 Å². The Kier molecular flexibility index (Phi) is 4.64. The largest absolute Gasteiger partial charge is 0.493 e. The van der Waals surface area contributed by atoms with Gasteiger partial charge in [-0.3, -0.25) is 0 Å². The van der Waals surface area contributed by atoms with E-state index in [2.05, 4.69) is 15.9 Å². The van der Waals surface area contributed by atoms with Crippen LogP contribution in [0.3, 0.4) is 0 Å². The predicted molar refractivity (Wildman–Crippen MR) is 67.6 cm³/mol. The average Bonchev–Trinajstić information content (AvgIpc) is 2.27. The molecule has 0 saturated heterocycles. The van der Waals surface area contributed by atoms with Gasteiger partial charge in [-0.1, -0.05) is 15.9 Å². The number of methoxy groups -OCH3 is 2. The Morgan fingerprint density at radius 3 is 1.94 bits per heavy atom. The van der Waals surface area contributed by atoms with Crippen molar-refractivity contribution >= 4 is 26.0 Å². The Morgan fingerprint density at radius 1 is 1.18 bits per heavy atom. The summed E-state index contributed by atoms with van der Waals surface area (Å²) in [6.07, 6.45) is 0.963. The predicted octanol–water partition coefficient (Wildman–Crippen LogP) is 1.94. The molecule has 1 rings (SSSR count). The molecule has 0 fully saturated rings. The van der Waals surface area contributed by atoms with Crippen LogP contribution in [0.4, 0.5) is 0 Å². The molecule has 0 spiro atoms. The Balaban J connectivity index is 3.34. The lowest BCUT2D eigenvalue weighted by atomic mass is 10.2. The van der Waals surface area contributed by atoms with Crippen molar-refractivity contribution in [3.63, 3.8) is 0 Å². The molecule has 0 N–H and O–H groups in total. The SMILES string of the molecule is COc1cc(CBr)cc(OC)c1OS(C)(=O)=O. The molecule has 0 saturated carbocycles. The maximum absolute atomic E-state index is 11.1. The lowest BCUT2D eigenvalue weighted by Crippen LogP contribution is -2.08. The summed E-state index contributed by atoms with van der Waals surface area (Å²) in [5, 5.41) is 0.596. The number of alkyl halides is 1. The fourth-order valence-electron chi connectivity index (χ4n) is 1.24. The summed E-state index contributed by atoms with van der Waals surface area (Å²) in [5.74, 6) is 0.677. The second-order valence-corrected chi connectivity index (χ2v) is 5.39. The molecule has 5 nitrogen and oxygen atoms in total. The molecule has 0 radical (unpaired) electrons. The lowest BCUT2D eigenvalue weighted by Gasteiger charge is -2.13. The van der Waals surface area contributed by atoms with Crippen molar-refractivity contribution in [1.82, 2.24) is 0 Å². The van der Waals surface area contributed by atoms with Gasteiger partial charge in [-0.25, -0.2) is 0 Å². The molecule has 1 aromatic rings. The fourth-order valence-corrected chi connectivity index (χ4v) is 2.04. The monoisotopic (exact) mass is 324 g/mol. The molecule has 0 unspecified atom stereocenters. The van der Waals surface area contributed by atoms with Crippen LogP contribution >= 0.6 is 15.9 Å². The second-order valence-electron chi connectivity index (χ2n) is 3.25.